The first kappa shape index (κ1) is 8.34. The summed E-state index contributed by atoms with van der Waals surface area (Å²) in [5.41, 5.74) is 8.74. The van der Waals surface area contributed by atoms with E-state index in [9.17, 15) is 0 Å². The smallest absolute Gasteiger partial charge is 0.0170 e. The first-order valence-corrected chi connectivity index (χ1v) is 4.59. The molecule has 1 aromatic carbocycles. The monoisotopic (exact) mass is 171 g/mol. The van der Waals surface area contributed by atoms with Gasteiger partial charge in [0, 0.05) is 18.4 Å². The molecule has 1 aliphatic rings. The summed E-state index contributed by atoms with van der Waals surface area (Å²) in [5, 5.41) is 0. The molecular formula is C12H13N. The molecule has 2 N–H and O–H groups in total. The molecule has 1 aliphatic carbocycles. The molecule has 0 aromatic heterocycles. The molecule has 0 saturated carbocycles. The third-order valence-electron chi connectivity index (χ3n) is 2.76. The predicted molar refractivity (Wildman–Crippen MR) is 54.3 cm³/mol. The van der Waals surface area contributed by atoms with Crippen LogP contribution in [0.4, 0.5) is 0 Å². The van der Waals surface area contributed by atoms with Crippen molar-refractivity contribution in [1.82, 2.24) is 0 Å². The molecule has 2 unspecified atom stereocenters. The quantitative estimate of drug-likeness (QED) is 0.639. The van der Waals surface area contributed by atoms with Crippen LogP contribution in [0.15, 0.2) is 24.3 Å². The van der Waals surface area contributed by atoms with E-state index in [-0.39, 0.29) is 6.04 Å². The van der Waals surface area contributed by atoms with Gasteiger partial charge in [0.25, 0.3) is 0 Å². The lowest BCUT2D eigenvalue weighted by Crippen LogP contribution is -2.24. The summed E-state index contributed by atoms with van der Waals surface area (Å²) < 4.78 is 0. The molecular weight excluding hydrogens is 158 g/mol. The molecule has 0 heterocycles. The highest BCUT2D eigenvalue weighted by atomic mass is 14.7. The minimum Gasteiger partial charge on any atom is -0.327 e. The molecule has 0 spiro atoms. The number of hydrogen-bond acceptors (Lipinski definition) is 1. The van der Waals surface area contributed by atoms with Gasteiger partial charge in [-0.2, -0.15) is 0 Å². The largest absolute Gasteiger partial charge is 0.327 e. The van der Waals surface area contributed by atoms with Gasteiger partial charge in [-0.1, -0.05) is 24.3 Å². The van der Waals surface area contributed by atoms with Crippen LogP contribution in [0.25, 0.3) is 0 Å². The first-order valence-electron chi connectivity index (χ1n) is 4.59. The summed E-state index contributed by atoms with van der Waals surface area (Å²) >= 11 is 0. The SMILES string of the molecule is C#CCC1c2ccccc2CC1N. The molecule has 13 heavy (non-hydrogen) atoms. The van der Waals surface area contributed by atoms with Crippen molar-refractivity contribution in [1.29, 1.82) is 0 Å². The molecule has 0 aliphatic heterocycles. The molecule has 0 radical (unpaired) electrons. The molecule has 2 rings (SSSR count). The van der Waals surface area contributed by atoms with Crippen LogP contribution in [0.3, 0.4) is 0 Å². The molecule has 0 fully saturated rings. The van der Waals surface area contributed by atoms with Gasteiger partial charge in [0.1, 0.15) is 0 Å². The van der Waals surface area contributed by atoms with Crippen molar-refractivity contribution in [3.8, 4) is 12.3 Å². The Balaban J connectivity index is 2.36. The number of rotatable bonds is 1. The molecule has 2 atom stereocenters. The van der Waals surface area contributed by atoms with Crippen molar-refractivity contribution in [2.24, 2.45) is 5.73 Å². The lowest BCUT2D eigenvalue weighted by Gasteiger charge is -2.12. The third-order valence-corrected chi connectivity index (χ3v) is 2.76. The molecule has 1 nitrogen and oxygen atoms in total. The second kappa shape index (κ2) is 3.24. The van der Waals surface area contributed by atoms with Crippen LogP contribution in [-0.2, 0) is 6.42 Å². The molecule has 0 bridgehead atoms. The van der Waals surface area contributed by atoms with Gasteiger partial charge in [-0.15, -0.1) is 12.3 Å². The van der Waals surface area contributed by atoms with Crippen molar-refractivity contribution >= 4 is 0 Å². The van der Waals surface area contributed by atoms with E-state index in [0.29, 0.717) is 5.92 Å². The van der Waals surface area contributed by atoms with Gasteiger partial charge < -0.3 is 5.73 Å². The Labute approximate surface area is 79.0 Å². The molecule has 0 amide bonds. The zero-order chi connectivity index (χ0) is 9.26. The van der Waals surface area contributed by atoms with Crippen molar-refractivity contribution in [2.75, 3.05) is 0 Å². The summed E-state index contributed by atoms with van der Waals surface area (Å²) in [7, 11) is 0. The molecule has 1 heteroatoms. The Morgan fingerprint density at radius 1 is 1.46 bits per heavy atom. The minimum absolute atomic E-state index is 0.216. The highest BCUT2D eigenvalue weighted by Gasteiger charge is 2.28. The Morgan fingerprint density at radius 2 is 2.23 bits per heavy atom. The lowest BCUT2D eigenvalue weighted by molar-refractivity contribution is 0.585. The van der Waals surface area contributed by atoms with Crippen LogP contribution in [0.1, 0.15) is 23.5 Å². The molecule has 0 saturated heterocycles. The van der Waals surface area contributed by atoms with Gasteiger partial charge in [0.05, 0.1) is 0 Å². The van der Waals surface area contributed by atoms with Gasteiger partial charge in [0.2, 0.25) is 0 Å². The highest BCUT2D eigenvalue weighted by Crippen LogP contribution is 2.33. The van der Waals surface area contributed by atoms with Crippen LogP contribution in [0.2, 0.25) is 0 Å². The lowest BCUT2D eigenvalue weighted by atomic mass is 9.96. The zero-order valence-electron chi connectivity index (χ0n) is 7.53. The van der Waals surface area contributed by atoms with Crippen molar-refractivity contribution in [3.63, 3.8) is 0 Å². The van der Waals surface area contributed by atoms with Gasteiger partial charge in [-0.25, -0.2) is 0 Å². The number of benzene rings is 1. The van der Waals surface area contributed by atoms with E-state index in [1.54, 1.807) is 0 Å². The highest BCUT2D eigenvalue weighted by molar-refractivity contribution is 5.38. The van der Waals surface area contributed by atoms with Crippen LogP contribution in [-0.4, -0.2) is 6.04 Å². The predicted octanol–water partition coefficient (Wildman–Crippen LogP) is 1.68. The van der Waals surface area contributed by atoms with Gasteiger partial charge in [-0.05, 0) is 17.5 Å². The van der Waals surface area contributed by atoms with Crippen molar-refractivity contribution in [3.05, 3.63) is 35.4 Å². The summed E-state index contributed by atoms with van der Waals surface area (Å²) in [6.07, 6.45) is 7.06. The maximum atomic E-state index is 6.02. The van der Waals surface area contributed by atoms with Crippen molar-refractivity contribution in [2.45, 2.75) is 24.8 Å². The number of fused-ring (bicyclic) bond motifs is 1. The van der Waals surface area contributed by atoms with E-state index in [1.165, 1.54) is 11.1 Å². The maximum Gasteiger partial charge on any atom is 0.0170 e. The van der Waals surface area contributed by atoms with E-state index in [4.69, 9.17) is 12.2 Å². The minimum atomic E-state index is 0.216. The Hall–Kier alpha value is -1.26. The second-order valence-electron chi connectivity index (χ2n) is 3.58. The van der Waals surface area contributed by atoms with Crippen LogP contribution >= 0.6 is 0 Å². The van der Waals surface area contributed by atoms with E-state index < -0.39 is 0 Å². The zero-order valence-corrected chi connectivity index (χ0v) is 7.53. The van der Waals surface area contributed by atoms with E-state index >= 15 is 0 Å². The van der Waals surface area contributed by atoms with Gasteiger partial charge >= 0.3 is 0 Å². The standard InChI is InChI=1S/C12H13N/c1-2-5-11-10-7-4-3-6-9(10)8-12(11)13/h1,3-4,6-7,11-12H,5,8,13H2. The van der Waals surface area contributed by atoms with Gasteiger partial charge in [0.15, 0.2) is 0 Å². The first-order chi connectivity index (χ1) is 6.33. The van der Waals surface area contributed by atoms with Gasteiger partial charge in [-0.3, -0.25) is 0 Å². The van der Waals surface area contributed by atoms with Crippen LogP contribution < -0.4 is 5.73 Å². The van der Waals surface area contributed by atoms with Crippen molar-refractivity contribution < 1.29 is 0 Å². The average Bonchev–Trinajstić information content (AvgIpc) is 2.44. The fourth-order valence-corrected chi connectivity index (χ4v) is 2.10. The fraction of sp³-hybridized carbons (Fsp3) is 0.333. The normalized spacial score (nSPS) is 25.2. The summed E-state index contributed by atoms with van der Waals surface area (Å²) in [4.78, 5) is 0. The average molecular weight is 171 g/mol. The Bertz CT molecular complexity index is 348. The Kier molecular flexibility index (Phi) is 2.08. The van der Waals surface area contributed by atoms with E-state index in [1.807, 2.05) is 0 Å². The summed E-state index contributed by atoms with van der Waals surface area (Å²) in [6, 6.07) is 8.62. The fourth-order valence-electron chi connectivity index (χ4n) is 2.10. The summed E-state index contributed by atoms with van der Waals surface area (Å²) in [6.45, 7) is 0. The van der Waals surface area contributed by atoms with E-state index in [0.717, 1.165) is 12.8 Å². The van der Waals surface area contributed by atoms with Crippen LogP contribution in [0, 0.1) is 12.3 Å². The Morgan fingerprint density at radius 3 is 3.00 bits per heavy atom. The summed E-state index contributed by atoms with van der Waals surface area (Å²) in [5.74, 6) is 3.08. The molecule has 1 aromatic rings. The third kappa shape index (κ3) is 1.34. The second-order valence-corrected chi connectivity index (χ2v) is 3.58. The number of nitrogens with two attached hydrogens (primary N) is 1. The van der Waals surface area contributed by atoms with E-state index in [2.05, 4.69) is 30.2 Å². The maximum absolute atomic E-state index is 6.02. The topological polar surface area (TPSA) is 26.0 Å². The van der Waals surface area contributed by atoms with Crippen LogP contribution in [0.5, 0.6) is 0 Å². The number of terminal acetylenes is 1. The number of hydrogen-bond donors (Lipinski definition) is 1. The molecule has 66 valence electrons.